The van der Waals surface area contributed by atoms with Crippen molar-refractivity contribution in [3.8, 4) is 11.1 Å². The summed E-state index contributed by atoms with van der Waals surface area (Å²) < 4.78 is 4.00. The molecule has 0 unspecified atom stereocenters. The zero-order chi connectivity index (χ0) is 29.6. The third-order valence-corrected chi connectivity index (χ3v) is 19.0. The molecule has 3 aromatic rings. The Kier molecular flexibility index (Phi) is 6.50. The van der Waals surface area contributed by atoms with Gasteiger partial charge in [-0.25, -0.2) is 0 Å². The Morgan fingerprint density at radius 3 is 1.83 bits per heavy atom. The zero-order valence-corrected chi connectivity index (χ0v) is 29.1. The molecule has 0 radical (unpaired) electrons. The molecule has 0 atom stereocenters. The van der Waals surface area contributed by atoms with Crippen molar-refractivity contribution in [2.75, 3.05) is 0 Å². The molecule has 0 nitrogen and oxygen atoms in total. The molecule has 4 aliphatic carbocycles. The average Bonchev–Trinajstić information content (AvgIpc) is 3.70. The fourth-order valence-corrected chi connectivity index (χ4v) is 16.9. The Morgan fingerprint density at radius 1 is 0.810 bits per heavy atom. The van der Waals surface area contributed by atoms with Gasteiger partial charge in [-0.2, -0.15) is 0 Å². The normalized spacial score (nSPS) is 19.7. The summed E-state index contributed by atoms with van der Waals surface area (Å²) in [5.41, 5.74) is 15.3. The molecule has 4 aliphatic rings. The Labute approximate surface area is 261 Å². The van der Waals surface area contributed by atoms with Crippen molar-refractivity contribution >= 4 is 15.4 Å². The van der Waals surface area contributed by atoms with Gasteiger partial charge < -0.3 is 0 Å². The molecule has 0 fully saturated rings. The maximum absolute atomic E-state index is 2.66. The van der Waals surface area contributed by atoms with Crippen LogP contribution in [0.4, 0.5) is 0 Å². The molecule has 0 aliphatic heterocycles. The molecule has 0 saturated carbocycles. The molecule has 0 heterocycles. The molecule has 7 rings (SSSR count). The Balaban J connectivity index is 1.55. The molecular weight excluding hydrogens is 584 g/mol. The van der Waals surface area contributed by atoms with Crippen LogP contribution in [0.3, 0.4) is 0 Å². The van der Waals surface area contributed by atoms with Crippen molar-refractivity contribution in [2.24, 2.45) is 5.41 Å². The number of allylic oxidation sites excluding steroid dienone is 6. The summed E-state index contributed by atoms with van der Waals surface area (Å²) in [7, 11) is 0. The molecule has 0 aromatic heterocycles. The molecule has 42 heavy (non-hydrogen) atoms. The summed E-state index contributed by atoms with van der Waals surface area (Å²) in [6, 6.07) is 21.8. The summed E-state index contributed by atoms with van der Waals surface area (Å²) in [6.45, 7) is 19.1. The van der Waals surface area contributed by atoms with Crippen LogP contribution in [0.25, 0.3) is 23.3 Å². The van der Waals surface area contributed by atoms with Crippen LogP contribution in [-0.4, -0.2) is 3.21 Å². The van der Waals surface area contributed by atoms with E-state index in [2.05, 4.69) is 146 Å². The average molecular weight is 628 g/mol. The van der Waals surface area contributed by atoms with E-state index in [0.29, 0.717) is 3.63 Å². The molecule has 212 valence electrons. The third-order valence-electron chi connectivity index (χ3n) is 10.3. The van der Waals surface area contributed by atoms with E-state index in [4.69, 9.17) is 0 Å². The van der Waals surface area contributed by atoms with Gasteiger partial charge in [0.05, 0.1) is 0 Å². The van der Waals surface area contributed by atoms with E-state index in [0.717, 1.165) is 12.8 Å². The van der Waals surface area contributed by atoms with Gasteiger partial charge in [-0.15, -0.1) is 0 Å². The van der Waals surface area contributed by atoms with Gasteiger partial charge in [-0.05, 0) is 0 Å². The quantitative estimate of drug-likeness (QED) is 0.270. The molecular formula is C41H44Zr. The second-order valence-corrected chi connectivity index (χ2v) is 21.5. The van der Waals surface area contributed by atoms with Crippen molar-refractivity contribution in [2.45, 2.75) is 82.7 Å². The first kappa shape index (κ1) is 28.2. The van der Waals surface area contributed by atoms with Gasteiger partial charge in [-0.1, -0.05) is 0 Å². The SMILES string of the molecule is CC[C](c1ccccc1)=[Zr]([C]1=CC(C(C)(C)C)=CC1)[CH]1c2cc3c(cc2-c2cc4c(cc21)C(C)(C)C=C4)C=CC3(C)C. The molecule has 0 N–H and O–H groups in total. The standard InChI is InChI=1S/C23H21.C9H13.C9H10.Zr/c1-22(2)7-5-14-10-18-16(12-20(14)22)9-17-13-21-15(11-19(17)18)6-8-23(21,3)4;1-9(2,3)8-6-4-5-7-8;1-2-6-9-7-4-3-5-8-9;/h5-13H,1-4H3;6-7H,4H2,1-3H3;3-5,7-8H,2H2,1H3;. The van der Waals surface area contributed by atoms with E-state index < -0.39 is 21.3 Å². The van der Waals surface area contributed by atoms with Gasteiger partial charge in [0.15, 0.2) is 0 Å². The summed E-state index contributed by atoms with van der Waals surface area (Å²) in [6.07, 6.45) is 17.0. The molecule has 1 heteroatoms. The first-order valence-corrected chi connectivity index (χ1v) is 19.7. The van der Waals surface area contributed by atoms with Crippen molar-refractivity contribution in [1.82, 2.24) is 0 Å². The summed E-state index contributed by atoms with van der Waals surface area (Å²) >= 11 is -2.56. The van der Waals surface area contributed by atoms with E-state index in [1.807, 2.05) is 0 Å². The number of fused-ring (bicyclic) bond motifs is 5. The minimum absolute atomic E-state index is 0.0734. The fraction of sp³-hybridized carbons (Fsp3) is 0.341. The fourth-order valence-electron chi connectivity index (χ4n) is 7.84. The molecule has 0 amide bonds. The van der Waals surface area contributed by atoms with E-state index in [-0.39, 0.29) is 16.2 Å². The van der Waals surface area contributed by atoms with E-state index >= 15 is 0 Å². The van der Waals surface area contributed by atoms with Crippen molar-refractivity contribution in [3.05, 3.63) is 127 Å². The van der Waals surface area contributed by atoms with Crippen LogP contribution in [-0.2, 0) is 32.1 Å². The van der Waals surface area contributed by atoms with Crippen LogP contribution < -0.4 is 0 Å². The van der Waals surface area contributed by atoms with E-state index in [1.165, 1.54) is 44.5 Å². The minimum atomic E-state index is -2.56. The van der Waals surface area contributed by atoms with E-state index in [1.54, 1.807) is 17.6 Å². The Morgan fingerprint density at radius 2 is 1.36 bits per heavy atom. The predicted molar refractivity (Wildman–Crippen MR) is 179 cm³/mol. The van der Waals surface area contributed by atoms with Crippen molar-refractivity contribution in [3.63, 3.8) is 0 Å². The van der Waals surface area contributed by atoms with Crippen LogP contribution in [0.5, 0.6) is 0 Å². The summed E-state index contributed by atoms with van der Waals surface area (Å²) in [4.78, 5) is 0. The van der Waals surface area contributed by atoms with Gasteiger partial charge in [0, 0.05) is 0 Å². The third kappa shape index (κ3) is 4.37. The molecule has 0 saturated heterocycles. The van der Waals surface area contributed by atoms with Gasteiger partial charge in [0.25, 0.3) is 0 Å². The van der Waals surface area contributed by atoms with Gasteiger partial charge >= 0.3 is 263 Å². The predicted octanol–water partition coefficient (Wildman–Crippen LogP) is 10.9. The van der Waals surface area contributed by atoms with Crippen LogP contribution in [0.1, 0.15) is 111 Å². The zero-order valence-electron chi connectivity index (χ0n) is 26.7. The molecule has 3 aromatic carbocycles. The first-order chi connectivity index (χ1) is 19.9. The number of hydrogen-bond acceptors (Lipinski definition) is 0. The van der Waals surface area contributed by atoms with Gasteiger partial charge in [0.2, 0.25) is 0 Å². The Hall–Kier alpha value is -2.63. The summed E-state index contributed by atoms with van der Waals surface area (Å²) in [5, 5.41) is 0. The number of benzene rings is 3. The number of rotatable bonds is 4. The second kappa shape index (κ2) is 9.69. The summed E-state index contributed by atoms with van der Waals surface area (Å²) in [5.74, 6) is 0. The van der Waals surface area contributed by atoms with E-state index in [9.17, 15) is 0 Å². The monoisotopic (exact) mass is 626 g/mol. The van der Waals surface area contributed by atoms with Crippen molar-refractivity contribution in [1.29, 1.82) is 0 Å². The van der Waals surface area contributed by atoms with Crippen LogP contribution in [0.2, 0.25) is 0 Å². The van der Waals surface area contributed by atoms with Gasteiger partial charge in [-0.3, -0.25) is 0 Å². The van der Waals surface area contributed by atoms with Crippen LogP contribution in [0.15, 0.2) is 87.8 Å². The van der Waals surface area contributed by atoms with Gasteiger partial charge in [0.1, 0.15) is 0 Å². The van der Waals surface area contributed by atoms with Crippen LogP contribution in [0, 0.1) is 5.41 Å². The molecule has 0 spiro atoms. The van der Waals surface area contributed by atoms with Crippen LogP contribution >= 0.6 is 0 Å². The van der Waals surface area contributed by atoms with Crippen molar-refractivity contribution < 1.29 is 21.3 Å². The number of hydrogen-bond donors (Lipinski definition) is 0. The first-order valence-electron chi connectivity index (χ1n) is 15.8. The Bertz CT molecular complexity index is 1710. The topological polar surface area (TPSA) is 0 Å². The maximum atomic E-state index is 2.66. The molecule has 0 bridgehead atoms. The second-order valence-electron chi connectivity index (χ2n) is 15.0.